The number of sulfonamides is 1. The predicted molar refractivity (Wildman–Crippen MR) is 85.6 cm³/mol. The van der Waals surface area contributed by atoms with Gasteiger partial charge in [0.25, 0.3) is 0 Å². The summed E-state index contributed by atoms with van der Waals surface area (Å²) in [4.78, 5) is 0.185. The molecule has 0 atom stereocenters. The minimum Gasteiger partial charge on any atom is -0.457 e. The Bertz CT molecular complexity index is 919. The van der Waals surface area contributed by atoms with Crippen LogP contribution in [0, 0.1) is 18.6 Å². The second kappa shape index (κ2) is 5.26. The molecule has 0 aromatic heterocycles. The van der Waals surface area contributed by atoms with Crippen LogP contribution in [-0.2, 0) is 15.6 Å². The fourth-order valence-electron chi connectivity index (χ4n) is 2.92. The van der Waals surface area contributed by atoms with Crippen LogP contribution in [0.5, 0.6) is 11.5 Å². The topological polar surface area (TPSA) is 46.6 Å². The number of rotatable bonds is 2. The molecule has 0 bridgehead atoms. The van der Waals surface area contributed by atoms with Gasteiger partial charge >= 0.3 is 0 Å². The van der Waals surface area contributed by atoms with Crippen molar-refractivity contribution in [1.29, 1.82) is 0 Å². The summed E-state index contributed by atoms with van der Waals surface area (Å²) in [5.74, 6) is -1.32. The molecule has 1 aliphatic rings. The molecule has 0 radical (unpaired) electrons. The number of hydrogen-bond acceptors (Lipinski definition) is 3. The molecular formula is C17H17F2NO3S. The lowest BCUT2D eigenvalue weighted by Crippen LogP contribution is -2.35. The predicted octanol–water partition coefficient (Wildman–Crippen LogP) is 3.93. The van der Waals surface area contributed by atoms with Crippen LogP contribution in [0.2, 0.25) is 0 Å². The Kier molecular flexibility index (Phi) is 3.69. The van der Waals surface area contributed by atoms with Crippen molar-refractivity contribution >= 4 is 10.0 Å². The molecule has 0 amide bonds. The quantitative estimate of drug-likeness (QED) is 0.822. The molecule has 0 saturated carbocycles. The Morgan fingerprint density at radius 1 is 1.08 bits per heavy atom. The van der Waals surface area contributed by atoms with Crippen LogP contribution in [0.3, 0.4) is 0 Å². The first-order valence-corrected chi connectivity index (χ1v) is 8.76. The van der Waals surface area contributed by atoms with Gasteiger partial charge in [-0.1, -0.05) is 6.07 Å². The second-order valence-corrected chi connectivity index (χ2v) is 8.21. The molecule has 3 rings (SSSR count). The third-order valence-electron chi connectivity index (χ3n) is 4.48. The van der Waals surface area contributed by atoms with Crippen molar-refractivity contribution in [2.45, 2.75) is 31.2 Å². The van der Waals surface area contributed by atoms with E-state index in [0.29, 0.717) is 11.1 Å². The van der Waals surface area contributed by atoms with Gasteiger partial charge in [-0.15, -0.1) is 0 Å². The van der Waals surface area contributed by atoms with Crippen LogP contribution in [0.25, 0.3) is 0 Å². The number of nitrogens with zero attached hydrogens (tertiary/aromatic N) is 1. The van der Waals surface area contributed by atoms with Gasteiger partial charge in [0.2, 0.25) is 10.0 Å². The first-order valence-electron chi connectivity index (χ1n) is 7.32. The minimum absolute atomic E-state index is 0.0291. The fourth-order valence-corrected chi connectivity index (χ4v) is 4.98. The molecule has 2 aromatic carbocycles. The lowest BCUT2D eigenvalue weighted by Gasteiger charge is -2.26. The van der Waals surface area contributed by atoms with Gasteiger partial charge in [0.1, 0.15) is 23.1 Å². The SMILES string of the molecule is Cc1c(Oc2cc(F)cc(F)c2)ccc2c1S(=O)(=O)N(C)C2(C)C. The van der Waals surface area contributed by atoms with Crippen LogP contribution in [0.1, 0.15) is 25.0 Å². The summed E-state index contributed by atoms with van der Waals surface area (Å²) < 4.78 is 58.8. The maximum Gasteiger partial charge on any atom is 0.244 e. The molecule has 0 fully saturated rings. The Labute approximate surface area is 139 Å². The van der Waals surface area contributed by atoms with Gasteiger partial charge in [-0.25, -0.2) is 17.2 Å². The van der Waals surface area contributed by atoms with Gasteiger partial charge in [-0.2, -0.15) is 4.31 Å². The average Bonchev–Trinajstić information content (AvgIpc) is 2.59. The van der Waals surface area contributed by atoms with Crippen LogP contribution in [0.15, 0.2) is 35.2 Å². The zero-order chi connectivity index (χ0) is 17.9. The average molecular weight is 353 g/mol. The summed E-state index contributed by atoms with van der Waals surface area (Å²) in [5.41, 5.74) is 0.400. The number of fused-ring (bicyclic) bond motifs is 1. The lowest BCUT2D eigenvalue weighted by molar-refractivity contribution is 0.286. The fraction of sp³-hybridized carbons (Fsp3) is 0.294. The van der Waals surface area contributed by atoms with E-state index in [1.54, 1.807) is 19.1 Å². The summed E-state index contributed by atoms with van der Waals surface area (Å²) in [6.45, 7) is 5.26. The Morgan fingerprint density at radius 3 is 2.25 bits per heavy atom. The molecule has 128 valence electrons. The second-order valence-electron chi connectivity index (χ2n) is 6.30. The van der Waals surface area contributed by atoms with Gasteiger partial charge in [0.05, 0.1) is 10.4 Å². The summed E-state index contributed by atoms with van der Waals surface area (Å²) in [7, 11) is -2.12. The van der Waals surface area contributed by atoms with Crippen LogP contribution in [0.4, 0.5) is 8.78 Å². The molecule has 0 N–H and O–H groups in total. The van der Waals surface area contributed by atoms with Gasteiger partial charge < -0.3 is 4.74 Å². The summed E-state index contributed by atoms with van der Waals surface area (Å²) in [6, 6.07) is 6.12. The first kappa shape index (κ1) is 16.9. The van der Waals surface area contributed by atoms with Crippen molar-refractivity contribution in [3.05, 3.63) is 53.1 Å². The van der Waals surface area contributed by atoms with Crippen LogP contribution in [-0.4, -0.2) is 19.8 Å². The van der Waals surface area contributed by atoms with E-state index in [1.165, 1.54) is 11.4 Å². The van der Waals surface area contributed by atoms with Crippen LogP contribution >= 0.6 is 0 Å². The normalized spacial score (nSPS) is 18.4. The highest BCUT2D eigenvalue weighted by Gasteiger charge is 2.47. The molecule has 24 heavy (non-hydrogen) atoms. The maximum absolute atomic E-state index is 13.3. The Morgan fingerprint density at radius 2 is 1.67 bits per heavy atom. The summed E-state index contributed by atoms with van der Waals surface area (Å²) in [5, 5.41) is 0. The standard InChI is InChI=1S/C17H17F2NO3S/c1-10-15(23-13-8-11(18)7-12(19)9-13)6-5-14-16(10)24(21,22)20(4)17(14,2)3/h5-9H,1-4H3. The largest absolute Gasteiger partial charge is 0.457 e. The van der Waals surface area contributed by atoms with E-state index >= 15 is 0 Å². The molecule has 0 saturated heterocycles. The molecule has 0 spiro atoms. The van der Waals surface area contributed by atoms with Crippen molar-refractivity contribution in [1.82, 2.24) is 4.31 Å². The van der Waals surface area contributed by atoms with Gasteiger partial charge in [-0.3, -0.25) is 0 Å². The minimum atomic E-state index is -3.65. The smallest absolute Gasteiger partial charge is 0.244 e. The molecule has 1 heterocycles. The Hall–Kier alpha value is -1.99. The monoisotopic (exact) mass is 353 g/mol. The van der Waals surface area contributed by atoms with E-state index in [2.05, 4.69) is 0 Å². The van der Waals surface area contributed by atoms with Gasteiger partial charge in [-0.05, 0) is 32.4 Å². The highest BCUT2D eigenvalue weighted by molar-refractivity contribution is 7.89. The molecule has 2 aromatic rings. The first-order chi connectivity index (χ1) is 11.0. The zero-order valence-electron chi connectivity index (χ0n) is 13.7. The molecule has 7 heteroatoms. The number of benzene rings is 2. The van der Waals surface area contributed by atoms with E-state index in [4.69, 9.17) is 4.74 Å². The van der Waals surface area contributed by atoms with E-state index in [-0.39, 0.29) is 16.4 Å². The Balaban J connectivity index is 2.13. The maximum atomic E-state index is 13.3. The van der Waals surface area contributed by atoms with Crippen LogP contribution < -0.4 is 4.74 Å². The molecule has 0 aliphatic carbocycles. The molecule has 0 unspecified atom stereocenters. The number of ether oxygens (including phenoxy) is 1. The summed E-state index contributed by atoms with van der Waals surface area (Å²) >= 11 is 0. The molecular weight excluding hydrogens is 336 g/mol. The van der Waals surface area contributed by atoms with Gasteiger partial charge in [0.15, 0.2) is 0 Å². The van der Waals surface area contributed by atoms with Crippen molar-refractivity contribution in [3.8, 4) is 11.5 Å². The zero-order valence-corrected chi connectivity index (χ0v) is 14.5. The van der Waals surface area contributed by atoms with E-state index in [9.17, 15) is 17.2 Å². The highest BCUT2D eigenvalue weighted by Crippen LogP contribution is 2.46. The molecule has 1 aliphatic heterocycles. The van der Waals surface area contributed by atoms with Gasteiger partial charge in [0, 0.05) is 30.8 Å². The third-order valence-corrected chi connectivity index (χ3v) is 6.70. The van der Waals surface area contributed by atoms with Crippen molar-refractivity contribution in [2.24, 2.45) is 0 Å². The summed E-state index contributed by atoms with van der Waals surface area (Å²) in [6.07, 6.45) is 0. The number of hydrogen-bond donors (Lipinski definition) is 0. The molecule has 4 nitrogen and oxygen atoms in total. The highest BCUT2D eigenvalue weighted by atomic mass is 32.2. The lowest BCUT2D eigenvalue weighted by atomic mass is 9.93. The van der Waals surface area contributed by atoms with E-state index in [0.717, 1.165) is 18.2 Å². The third kappa shape index (κ3) is 2.39. The van der Waals surface area contributed by atoms with E-state index < -0.39 is 27.2 Å². The van der Waals surface area contributed by atoms with Crippen molar-refractivity contribution in [2.75, 3.05) is 7.05 Å². The van der Waals surface area contributed by atoms with Crippen molar-refractivity contribution < 1.29 is 21.9 Å². The number of halogens is 2. The van der Waals surface area contributed by atoms with Crippen molar-refractivity contribution in [3.63, 3.8) is 0 Å². The van der Waals surface area contributed by atoms with E-state index in [1.807, 2.05) is 13.8 Å².